The third kappa shape index (κ3) is 4.81. The minimum Gasteiger partial charge on any atom is -0.418 e. The number of aromatic nitrogens is 2. The molecule has 0 bridgehead atoms. The van der Waals surface area contributed by atoms with E-state index >= 15 is 0 Å². The van der Waals surface area contributed by atoms with E-state index in [9.17, 15) is 8.42 Å². The van der Waals surface area contributed by atoms with Crippen molar-refractivity contribution in [2.24, 2.45) is 5.73 Å². The molecule has 0 radical (unpaired) electrons. The Balaban J connectivity index is 1.54. The third-order valence-electron chi connectivity index (χ3n) is 6.56. The largest absolute Gasteiger partial charge is 0.418 e. The van der Waals surface area contributed by atoms with Gasteiger partial charge in [-0.1, -0.05) is 23.7 Å². The van der Waals surface area contributed by atoms with Gasteiger partial charge in [0.15, 0.2) is 9.84 Å². The number of nitrogens with zero attached hydrogens (tertiary/aromatic N) is 3. The van der Waals surface area contributed by atoms with E-state index in [1.807, 2.05) is 29.2 Å². The zero-order valence-electron chi connectivity index (χ0n) is 19.3. The number of nitrogens with two attached hydrogens (primary N) is 1. The zero-order valence-corrected chi connectivity index (χ0v) is 20.9. The van der Waals surface area contributed by atoms with Crippen LogP contribution in [-0.2, 0) is 31.5 Å². The smallest absolute Gasteiger partial charge is 0.248 e. The maximum absolute atomic E-state index is 13.1. The highest BCUT2D eigenvalue weighted by Crippen LogP contribution is 2.38. The first-order valence-electron chi connectivity index (χ1n) is 11.4. The van der Waals surface area contributed by atoms with Crippen LogP contribution in [0.2, 0.25) is 5.02 Å². The SMILES string of the molecule is COC1(c2nnc(-c3ccc4c(c3)N(Cc3ccc(Cl)cc3)C[C@@H](N)CS4(=O)=O)o2)CCOCC1. The molecule has 35 heavy (non-hydrogen) atoms. The Morgan fingerprint density at radius 3 is 2.63 bits per heavy atom. The Hall–Kier alpha value is -2.50. The van der Waals surface area contributed by atoms with Crippen LogP contribution in [0.1, 0.15) is 24.3 Å². The van der Waals surface area contributed by atoms with Crippen LogP contribution in [0.5, 0.6) is 0 Å². The number of anilines is 1. The molecule has 0 unspecified atom stereocenters. The molecule has 1 saturated heterocycles. The van der Waals surface area contributed by atoms with Crippen LogP contribution in [0.15, 0.2) is 51.8 Å². The topological polar surface area (TPSA) is 121 Å². The average molecular weight is 519 g/mol. The van der Waals surface area contributed by atoms with Crippen LogP contribution < -0.4 is 10.6 Å². The van der Waals surface area contributed by atoms with E-state index in [0.717, 1.165) is 5.56 Å². The van der Waals surface area contributed by atoms with E-state index < -0.39 is 21.5 Å². The standard InChI is InChI=1S/C24H27ClN4O5S/c1-32-24(8-10-33-11-9-24)23-28-27-22(34-23)17-4-7-21-20(12-17)29(14-19(26)15-35(21,30)31)13-16-2-5-18(25)6-3-16/h2-7,12,19H,8-11,13-15,26H2,1H3/t19-/m1/s1. The molecule has 1 fully saturated rings. The molecule has 2 aliphatic heterocycles. The molecule has 1 aromatic heterocycles. The van der Waals surface area contributed by atoms with Gasteiger partial charge in [-0.3, -0.25) is 0 Å². The fourth-order valence-corrected chi connectivity index (χ4v) is 6.41. The highest BCUT2D eigenvalue weighted by molar-refractivity contribution is 7.91. The molecule has 9 nitrogen and oxygen atoms in total. The first-order valence-corrected chi connectivity index (χ1v) is 13.4. The van der Waals surface area contributed by atoms with Crippen LogP contribution in [0, 0.1) is 0 Å². The van der Waals surface area contributed by atoms with Crippen molar-refractivity contribution < 1.29 is 22.3 Å². The second-order valence-electron chi connectivity index (χ2n) is 8.95. The number of fused-ring (bicyclic) bond motifs is 1. The third-order valence-corrected chi connectivity index (χ3v) is 8.70. The van der Waals surface area contributed by atoms with Gasteiger partial charge in [-0.05, 0) is 35.9 Å². The Bertz CT molecular complexity index is 1310. The maximum atomic E-state index is 13.1. The molecule has 2 aliphatic rings. The average Bonchev–Trinajstić information content (AvgIpc) is 3.33. The molecule has 0 saturated carbocycles. The van der Waals surface area contributed by atoms with Crippen molar-refractivity contribution in [3.05, 3.63) is 58.9 Å². The van der Waals surface area contributed by atoms with Gasteiger partial charge in [0.1, 0.15) is 5.60 Å². The number of sulfone groups is 1. The summed E-state index contributed by atoms with van der Waals surface area (Å²) < 4.78 is 43.4. The van der Waals surface area contributed by atoms with E-state index in [2.05, 4.69) is 10.2 Å². The molecule has 11 heteroatoms. The molecular weight excluding hydrogens is 492 g/mol. The molecule has 0 aliphatic carbocycles. The van der Waals surface area contributed by atoms with Crippen LogP contribution in [0.25, 0.3) is 11.5 Å². The number of hydrogen-bond acceptors (Lipinski definition) is 9. The lowest BCUT2D eigenvalue weighted by Crippen LogP contribution is -2.39. The van der Waals surface area contributed by atoms with Crippen LogP contribution in [-0.4, -0.2) is 57.3 Å². The van der Waals surface area contributed by atoms with Crippen molar-refractivity contribution >= 4 is 27.1 Å². The van der Waals surface area contributed by atoms with Gasteiger partial charge in [0.25, 0.3) is 0 Å². The van der Waals surface area contributed by atoms with Crippen LogP contribution >= 0.6 is 11.6 Å². The molecule has 186 valence electrons. The van der Waals surface area contributed by atoms with E-state index in [-0.39, 0.29) is 10.6 Å². The van der Waals surface area contributed by atoms with E-state index in [1.54, 1.807) is 25.3 Å². The van der Waals surface area contributed by atoms with Gasteiger partial charge in [-0.15, -0.1) is 10.2 Å². The van der Waals surface area contributed by atoms with E-state index in [4.69, 9.17) is 31.2 Å². The summed E-state index contributed by atoms with van der Waals surface area (Å²) in [5.41, 5.74) is 7.68. The Morgan fingerprint density at radius 2 is 1.91 bits per heavy atom. The first kappa shape index (κ1) is 24.2. The van der Waals surface area contributed by atoms with Gasteiger partial charge >= 0.3 is 0 Å². The summed E-state index contributed by atoms with van der Waals surface area (Å²) in [7, 11) is -1.95. The fourth-order valence-electron chi connectivity index (χ4n) is 4.66. The number of methoxy groups -OCH3 is 1. The molecule has 2 aromatic carbocycles. The van der Waals surface area contributed by atoms with Gasteiger partial charge in [-0.2, -0.15) is 0 Å². The molecule has 5 rings (SSSR count). The predicted molar refractivity (Wildman–Crippen MR) is 131 cm³/mol. The number of rotatable bonds is 5. The summed E-state index contributed by atoms with van der Waals surface area (Å²) >= 11 is 6.04. The lowest BCUT2D eigenvalue weighted by Gasteiger charge is -2.32. The lowest BCUT2D eigenvalue weighted by atomic mass is 9.94. The van der Waals surface area contributed by atoms with Crippen molar-refractivity contribution in [2.45, 2.75) is 35.9 Å². The second-order valence-corrected chi connectivity index (χ2v) is 11.4. The molecule has 1 atom stereocenters. The van der Waals surface area contributed by atoms with Gasteiger partial charge in [-0.25, -0.2) is 8.42 Å². The summed E-state index contributed by atoms with van der Waals surface area (Å²) in [5, 5.41) is 9.15. The summed E-state index contributed by atoms with van der Waals surface area (Å²) in [5.74, 6) is 0.559. The first-order chi connectivity index (χ1) is 16.8. The summed E-state index contributed by atoms with van der Waals surface area (Å²) in [6, 6.07) is 12.0. The van der Waals surface area contributed by atoms with Crippen molar-refractivity contribution in [3.63, 3.8) is 0 Å². The fraction of sp³-hybridized carbons (Fsp3) is 0.417. The Kier molecular flexibility index (Phi) is 6.58. The van der Waals surface area contributed by atoms with E-state index in [0.29, 0.717) is 67.2 Å². The lowest BCUT2D eigenvalue weighted by molar-refractivity contribution is -0.109. The van der Waals surface area contributed by atoms with Crippen LogP contribution in [0.3, 0.4) is 0 Å². The van der Waals surface area contributed by atoms with Gasteiger partial charge in [0, 0.05) is 62.9 Å². The number of benzene rings is 2. The highest BCUT2D eigenvalue weighted by Gasteiger charge is 2.40. The minimum atomic E-state index is -3.57. The van der Waals surface area contributed by atoms with Gasteiger partial charge in [0.2, 0.25) is 11.8 Å². The van der Waals surface area contributed by atoms with Crippen molar-refractivity contribution in [1.82, 2.24) is 10.2 Å². The van der Waals surface area contributed by atoms with Crippen molar-refractivity contribution in [1.29, 1.82) is 0 Å². The summed E-state index contributed by atoms with van der Waals surface area (Å²) in [6.07, 6.45) is 1.22. The number of halogens is 1. The normalized spacial score (nSPS) is 21.3. The predicted octanol–water partition coefficient (Wildman–Crippen LogP) is 3.16. The quantitative estimate of drug-likeness (QED) is 0.542. The number of ether oxygens (including phenoxy) is 2. The highest BCUT2D eigenvalue weighted by atomic mass is 35.5. The molecule has 3 heterocycles. The molecule has 3 aromatic rings. The molecule has 0 amide bonds. The maximum Gasteiger partial charge on any atom is 0.248 e. The number of hydrogen-bond donors (Lipinski definition) is 1. The van der Waals surface area contributed by atoms with Gasteiger partial charge in [0.05, 0.1) is 16.3 Å². The molecular formula is C24H27ClN4O5S. The molecule has 0 spiro atoms. The Labute approximate surface area is 209 Å². The summed E-state index contributed by atoms with van der Waals surface area (Å²) in [6.45, 7) is 1.93. The van der Waals surface area contributed by atoms with Crippen molar-refractivity contribution in [3.8, 4) is 11.5 Å². The monoisotopic (exact) mass is 518 g/mol. The summed E-state index contributed by atoms with van der Waals surface area (Å²) in [4.78, 5) is 2.21. The van der Waals surface area contributed by atoms with Crippen molar-refractivity contribution in [2.75, 3.05) is 37.5 Å². The van der Waals surface area contributed by atoms with Crippen LogP contribution in [0.4, 0.5) is 5.69 Å². The zero-order chi connectivity index (χ0) is 24.6. The minimum absolute atomic E-state index is 0.125. The van der Waals surface area contributed by atoms with Gasteiger partial charge < -0.3 is 24.5 Å². The van der Waals surface area contributed by atoms with E-state index in [1.165, 1.54) is 0 Å². The second kappa shape index (κ2) is 9.51. The Morgan fingerprint density at radius 1 is 1.17 bits per heavy atom. The molecule has 2 N–H and O–H groups in total.